The maximum Gasteiger partial charge on any atom is 0.339 e. The van der Waals surface area contributed by atoms with Crippen molar-refractivity contribution >= 4 is 5.97 Å². The number of hydrogen-bond acceptors (Lipinski definition) is 4. The number of phenols is 1. The van der Waals surface area contributed by atoms with E-state index in [1.165, 1.54) is 0 Å². The van der Waals surface area contributed by atoms with Crippen LogP contribution in [0.15, 0.2) is 12.1 Å². The minimum atomic E-state index is -2.10. The number of rotatable bonds is 2. The number of aliphatic hydroxyl groups is 1. The predicted molar refractivity (Wildman–Crippen MR) is 45.0 cm³/mol. The summed E-state index contributed by atoms with van der Waals surface area (Å²) < 4.78 is 30.3. The zero-order valence-corrected chi connectivity index (χ0v) is 7.70. The van der Waals surface area contributed by atoms with Gasteiger partial charge < -0.3 is 14.9 Å². The normalized spacial score (nSPS) is 12.3. The van der Waals surface area contributed by atoms with Gasteiger partial charge in [-0.1, -0.05) is 0 Å². The van der Waals surface area contributed by atoms with Crippen LogP contribution in [0.2, 0.25) is 0 Å². The quantitative estimate of drug-likeness (QED) is 0.723. The van der Waals surface area contributed by atoms with E-state index in [2.05, 4.69) is 4.74 Å². The molecule has 0 spiro atoms. The first-order valence-corrected chi connectivity index (χ1v) is 3.91. The van der Waals surface area contributed by atoms with Crippen molar-refractivity contribution in [3.63, 3.8) is 0 Å². The maximum atomic E-state index is 13.2. The fraction of sp³-hybridized carbons (Fsp3) is 0.222. The second-order valence-electron chi connectivity index (χ2n) is 2.72. The van der Waals surface area contributed by atoms with Crippen LogP contribution in [0.3, 0.4) is 0 Å². The molecule has 0 fully saturated rings. The molecular formula is C9H8F2O4. The lowest BCUT2D eigenvalue weighted by Gasteiger charge is -2.11. The molecule has 0 bridgehead atoms. The standard InChI is InChI=1S/C9H8F2O4/c1-15-9(14)8(13)6-4(10)2-3-5(12)7(6)11/h2-3,8,12-13H,1H3. The molecule has 1 aromatic carbocycles. The van der Waals surface area contributed by atoms with E-state index >= 15 is 0 Å². The molecule has 1 aromatic rings. The molecule has 0 saturated carbocycles. The number of aromatic hydroxyl groups is 1. The zero-order chi connectivity index (χ0) is 11.6. The monoisotopic (exact) mass is 218 g/mol. The Balaban J connectivity index is 3.24. The Bertz CT molecular complexity index is 392. The Labute approximate surface area is 83.7 Å². The van der Waals surface area contributed by atoms with E-state index in [-0.39, 0.29) is 0 Å². The van der Waals surface area contributed by atoms with Gasteiger partial charge in [0.05, 0.1) is 12.7 Å². The molecule has 1 rings (SSSR count). The lowest BCUT2D eigenvalue weighted by molar-refractivity contribution is -0.151. The summed E-state index contributed by atoms with van der Waals surface area (Å²) in [7, 11) is 0.962. The van der Waals surface area contributed by atoms with Gasteiger partial charge in [-0.05, 0) is 12.1 Å². The van der Waals surface area contributed by atoms with Crippen LogP contribution in [0.5, 0.6) is 5.75 Å². The summed E-state index contributed by atoms with van der Waals surface area (Å²) in [6, 6.07) is 1.51. The van der Waals surface area contributed by atoms with Crippen molar-refractivity contribution in [2.45, 2.75) is 6.10 Å². The largest absolute Gasteiger partial charge is 0.505 e. The topological polar surface area (TPSA) is 66.8 Å². The number of carbonyl (C=O) groups is 1. The second-order valence-corrected chi connectivity index (χ2v) is 2.72. The molecule has 0 heterocycles. The number of benzene rings is 1. The fourth-order valence-electron chi connectivity index (χ4n) is 1.04. The Morgan fingerprint density at radius 1 is 1.47 bits per heavy atom. The van der Waals surface area contributed by atoms with Crippen molar-refractivity contribution in [1.29, 1.82) is 0 Å². The van der Waals surface area contributed by atoms with Crippen LogP contribution in [-0.2, 0) is 9.53 Å². The van der Waals surface area contributed by atoms with Gasteiger partial charge in [-0.25, -0.2) is 13.6 Å². The zero-order valence-electron chi connectivity index (χ0n) is 7.70. The van der Waals surface area contributed by atoms with Crippen molar-refractivity contribution in [1.82, 2.24) is 0 Å². The van der Waals surface area contributed by atoms with E-state index in [1.807, 2.05) is 0 Å². The number of phenolic OH excluding ortho intramolecular Hbond substituents is 1. The summed E-state index contributed by atoms with van der Waals surface area (Å²) in [5.74, 6) is -4.58. The van der Waals surface area contributed by atoms with Crippen LogP contribution >= 0.6 is 0 Å². The molecule has 0 aliphatic carbocycles. The molecule has 6 heteroatoms. The van der Waals surface area contributed by atoms with Crippen LogP contribution in [0.4, 0.5) is 8.78 Å². The first-order chi connectivity index (χ1) is 6.99. The lowest BCUT2D eigenvalue weighted by atomic mass is 10.1. The third-order valence-corrected chi connectivity index (χ3v) is 1.80. The van der Waals surface area contributed by atoms with Gasteiger partial charge in [0.15, 0.2) is 17.7 Å². The Hall–Kier alpha value is -1.69. The number of esters is 1. The highest BCUT2D eigenvalue weighted by molar-refractivity contribution is 5.76. The van der Waals surface area contributed by atoms with Crippen LogP contribution in [-0.4, -0.2) is 23.3 Å². The van der Waals surface area contributed by atoms with Crippen LogP contribution in [0.1, 0.15) is 11.7 Å². The van der Waals surface area contributed by atoms with Crippen LogP contribution in [0.25, 0.3) is 0 Å². The van der Waals surface area contributed by atoms with E-state index in [0.29, 0.717) is 0 Å². The summed E-state index contributed by atoms with van der Waals surface area (Å²) in [6.45, 7) is 0. The van der Waals surface area contributed by atoms with E-state index in [4.69, 9.17) is 5.11 Å². The molecule has 1 unspecified atom stereocenters. The summed E-state index contributed by atoms with van der Waals surface area (Å²) in [5.41, 5.74) is -0.929. The number of hydrogen-bond donors (Lipinski definition) is 2. The van der Waals surface area contributed by atoms with Crippen molar-refractivity contribution in [2.75, 3.05) is 7.11 Å². The molecule has 15 heavy (non-hydrogen) atoms. The lowest BCUT2D eigenvalue weighted by Crippen LogP contribution is -2.16. The number of carbonyl (C=O) groups excluding carboxylic acids is 1. The van der Waals surface area contributed by atoms with E-state index in [9.17, 15) is 18.7 Å². The van der Waals surface area contributed by atoms with E-state index < -0.39 is 35.0 Å². The number of aliphatic hydroxyl groups excluding tert-OH is 1. The first kappa shape index (κ1) is 11.4. The summed E-state index contributed by atoms with van der Waals surface area (Å²) >= 11 is 0. The minimum Gasteiger partial charge on any atom is -0.505 e. The molecule has 2 N–H and O–H groups in total. The van der Waals surface area contributed by atoms with Gasteiger partial charge in [0.2, 0.25) is 0 Å². The SMILES string of the molecule is COC(=O)C(O)c1c(F)ccc(O)c1F. The van der Waals surface area contributed by atoms with Crippen molar-refractivity contribution < 1.29 is 28.5 Å². The van der Waals surface area contributed by atoms with Gasteiger partial charge in [-0.2, -0.15) is 0 Å². The number of methoxy groups -OCH3 is 1. The predicted octanol–water partition coefficient (Wildman–Crippen LogP) is 0.877. The van der Waals surface area contributed by atoms with E-state index in [0.717, 1.165) is 19.2 Å². The molecule has 0 aliphatic heterocycles. The van der Waals surface area contributed by atoms with Crippen molar-refractivity contribution in [3.05, 3.63) is 29.3 Å². The first-order valence-electron chi connectivity index (χ1n) is 3.91. The maximum absolute atomic E-state index is 13.2. The average Bonchev–Trinajstić information content (AvgIpc) is 2.22. The van der Waals surface area contributed by atoms with E-state index in [1.54, 1.807) is 0 Å². The average molecular weight is 218 g/mol. The molecule has 0 amide bonds. The molecule has 82 valence electrons. The molecule has 4 nitrogen and oxygen atoms in total. The summed E-state index contributed by atoms with van der Waals surface area (Å²) in [6.07, 6.45) is -2.10. The van der Waals surface area contributed by atoms with Gasteiger partial charge >= 0.3 is 5.97 Å². The Morgan fingerprint density at radius 2 is 2.07 bits per heavy atom. The smallest absolute Gasteiger partial charge is 0.339 e. The highest BCUT2D eigenvalue weighted by Gasteiger charge is 2.27. The highest BCUT2D eigenvalue weighted by Crippen LogP contribution is 2.27. The summed E-state index contributed by atoms with van der Waals surface area (Å²) in [4.78, 5) is 10.8. The molecule has 0 saturated heterocycles. The fourth-order valence-corrected chi connectivity index (χ4v) is 1.04. The Morgan fingerprint density at radius 3 is 2.60 bits per heavy atom. The van der Waals surface area contributed by atoms with Gasteiger partial charge in [-0.3, -0.25) is 0 Å². The third kappa shape index (κ3) is 2.04. The minimum absolute atomic E-state index is 0.736. The second kappa shape index (κ2) is 4.22. The third-order valence-electron chi connectivity index (χ3n) is 1.80. The van der Waals surface area contributed by atoms with Gasteiger partial charge in [0, 0.05) is 0 Å². The van der Waals surface area contributed by atoms with Crippen molar-refractivity contribution in [3.8, 4) is 5.75 Å². The number of halogens is 2. The van der Waals surface area contributed by atoms with Crippen LogP contribution < -0.4 is 0 Å². The molecular weight excluding hydrogens is 210 g/mol. The highest BCUT2D eigenvalue weighted by atomic mass is 19.1. The van der Waals surface area contributed by atoms with Crippen LogP contribution in [0, 0.1) is 11.6 Å². The van der Waals surface area contributed by atoms with Gasteiger partial charge in [0.25, 0.3) is 0 Å². The summed E-state index contributed by atoms with van der Waals surface area (Å²) in [5, 5.41) is 18.1. The van der Waals surface area contributed by atoms with Gasteiger partial charge in [-0.15, -0.1) is 0 Å². The molecule has 1 atom stereocenters. The number of ether oxygens (including phenoxy) is 1. The van der Waals surface area contributed by atoms with Crippen molar-refractivity contribution in [2.24, 2.45) is 0 Å². The molecule has 0 aromatic heterocycles. The molecule has 0 aliphatic rings. The van der Waals surface area contributed by atoms with Gasteiger partial charge in [0.1, 0.15) is 5.82 Å². The molecule has 0 radical (unpaired) electrons. The Kier molecular flexibility index (Phi) is 3.21.